The summed E-state index contributed by atoms with van der Waals surface area (Å²) in [5.74, 6) is -3.21. The van der Waals surface area contributed by atoms with Crippen molar-refractivity contribution in [1.82, 2.24) is 0 Å². The van der Waals surface area contributed by atoms with Gasteiger partial charge in [-0.25, -0.2) is 4.79 Å². The number of rotatable bonds is 53. The average molecular weight is 1160 g/mol. The highest BCUT2D eigenvalue weighted by molar-refractivity contribution is 5.74. The highest BCUT2D eigenvalue weighted by atomic mass is 16.7. The Bertz CT molecular complexity index is 1950. The monoisotopic (exact) mass is 1160 g/mol. The molecule has 1 fully saturated rings. The lowest BCUT2D eigenvalue weighted by Gasteiger charge is -2.40. The first-order valence-electron chi connectivity index (χ1n) is 32.2. The van der Waals surface area contributed by atoms with E-state index in [0.29, 0.717) is 19.3 Å². The lowest BCUT2D eigenvalue weighted by molar-refractivity contribution is -0.301. The summed E-state index contributed by atoms with van der Waals surface area (Å²) in [6.07, 6.45) is 68.3. The maximum Gasteiger partial charge on any atom is 0.335 e. The number of carbonyl (C=O) groups is 4. The van der Waals surface area contributed by atoms with E-state index in [9.17, 15) is 34.5 Å². The van der Waals surface area contributed by atoms with E-state index in [1.54, 1.807) is 0 Å². The van der Waals surface area contributed by atoms with E-state index in [2.05, 4.69) is 154 Å². The molecule has 12 heteroatoms. The number of aliphatic carboxylic acids is 1. The van der Waals surface area contributed by atoms with Gasteiger partial charge in [-0.3, -0.25) is 14.4 Å². The Kier molecular flexibility index (Phi) is 52.4. The van der Waals surface area contributed by atoms with Gasteiger partial charge in [-0.2, -0.15) is 0 Å². The predicted molar refractivity (Wildman–Crippen MR) is 340 cm³/mol. The fourth-order valence-corrected chi connectivity index (χ4v) is 8.83. The van der Waals surface area contributed by atoms with Crippen LogP contribution in [0, 0.1) is 0 Å². The summed E-state index contributed by atoms with van der Waals surface area (Å²) in [4.78, 5) is 51.3. The molecule has 6 atom stereocenters. The Morgan fingerprint density at radius 1 is 0.410 bits per heavy atom. The summed E-state index contributed by atoms with van der Waals surface area (Å²) < 4.78 is 28.5. The molecule has 12 nitrogen and oxygen atoms in total. The van der Waals surface area contributed by atoms with Gasteiger partial charge in [0.25, 0.3) is 0 Å². The second-order valence-electron chi connectivity index (χ2n) is 21.3. The zero-order valence-electron chi connectivity index (χ0n) is 51.6. The fourth-order valence-electron chi connectivity index (χ4n) is 8.83. The molecule has 83 heavy (non-hydrogen) atoms. The van der Waals surface area contributed by atoms with Gasteiger partial charge in [0.2, 0.25) is 0 Å². The van der Waals surface area contributed by atoms with Crippen molar-refractivity contribution in [2.75, 3.05) is 13.2 Å². The third-order valence-corrected chi connectivity index (χ3v) is 13.7. The Labute approximate surface area is 502 Å². The second-order valence-corrected chi connectivity index (χ2v) is 21.3. The largest absolute Gasteiger partial charge is 0.479 e. The van der Waals surface area contributed by atoms with Crippen molar-refractivity contribution in [3.05, 3.63) is 134 Å². The Balaban J connectivity index is 2.72. The zero-order chi connectivity index (χ0) is 60.3. The first kappa shape index (κ1) is 75.9. The number of ether oxygens (including phenoxy) is 5. The van der Waals surface area contributed by atoms with Crippen LogP contribution in [0.1, 0.15) is 239 Å². The number of unbranched alkanes of at least 4 members (excludes halogenated alkanes) is 17. The molecule has 1 aliphatic rings. The zero-order valence-corrected chi connectivity index (χ0v) is 51.6. The second kappa shape index (κ2) is 57.3. The summed E-state index contributed by atoms with van der Waals surface area (Å²) in [7, 11) is 0. The third-order valence-electron chi connectivity index (χ3n) is 13.7. The van der Waals surface area contributed by atoms with Crippen molar-refractivity contribution in [1.29, 1.82) is 0 Å². The molecule has 468 valence electrons. The molecule has 0 aromatic rings. The Morgan fingerprint density at radius 3 is 1.17 bits per heavy atom. The number of hydrogen-bond donors (Lipinski definition) is 3. The van der Waals surface area contributed by atoms with E-state index in [1.807, 2.05) is 0 Å². The first-order valence-corrected chi connectivity index (χ1v) is 32.2. The van der Waals surface area contributed by atoms with Crippen LogP contribution in [0.5, 0.6) is 0 Å². The maximum atomic E-state index is 13.2. The summed E-state index contributed by atoms with van der Waals surface area (Å²) in [5.41, 5.74) is 0. The number of aliphatic hydroxyl groups excluding tert-OH is 2. The minimum atomic E-state index is -1.92. The topological polar surface area (TPSA) is 175 Å². The molecule has 1 heterocycles. The van der Waals surface area contributed by atoms with Crippen molar-refractivity contribution in [2.45, 2.75) is 276 Å². The van der Waals surface area contributed by atoms with Gasteiger partial charge in [0.15, 0.2) is 24.6 Å². The van der Waals surface area contributed by atoms with Crippen LogP contribution < -0.4 is 0 Å². The molecule has 0 bridgehead atoms. The maximum absolute atomic E-state index is 13.2. The lowest BCUT2D eigenvalue weighted by Crippen LogP contribution is -2.61. The number of carboxylic acids is 1. The van der Waals surface area contributed by atoms with Crippen LogP contribution in [-0.2, 0) is 42.9 Å². The van der Waals surface area contributed by atoms with Crippen molar-refractivity contribution >= 4 is 23.9 Å². The number of hydrogen-bond acceptors (Lipinski definition) is 11. The van der Waals surface area contributed by atoms with Gasteiger partial charge in [0, 0.05) is 19.3 Å². The van der Waals surface area contributed by atoms with E-state index >= 15 is 0 Å². The normalized spacial score (nSPS) is 18.5. The standard InChI is InChI=1S/C71H112O12/c1-4-7-10-13-16-19-22-25-28-30-32-34-37-39-42-45-48-51-54-57-63(72)79-60-62(81-64(73)58-55-52-49-46-43-41-38-35-33-31-29-26-23-20-17-14-11-8-5-2)61-80-71-69(67(76)66(75)68(83-71)70(77)78)82-65(74)59-56-53-50-47-44-40-36-27-24-21-18-15-12-9-6-3/h7-8,10-11,16-21,25-29,32-36,39,42,62,66-69,71,75-76H,4-6,9,12-15,22-24,30-31,37-38,40-41,43-61H2,1-3H3,(H,77,78)/b10-7-,11-8-,19-16-,20-17-,21-18-,28-25-,29-26-,34-32-,35-33-,36-27-,42-39-. The van der Waals surface area contributed by atoms with Crippen LogP contribution in [0.15, 0.2) is 134 Å². The Morgan fingerprint density at radius 2 is 0.759 bits per heavy atom. The fraction of sp³-hybridized carbons (Fsp3) is 0.634. The number of esters is 3. The molecular weight excluding hydrogens is 1040 g/mol. The van der Waals surface area contributed by atoms with E-state index in [1.165, 1.54) is 19.3 Å². The van der Waals surface area contributed by atoms with Crippen molar-refractivity contribution < 1.29 is 58.2 Å². The molecule has 0 spiro atoms. The van der Waals surface area contributed by atoms with E-state index in [4.69, 9.17) is 23.7 Å². The smallest absolute Gasteiger partial charge is 0.335 e. The van der Waals surface area contributed by atoms with Crippen LogP contribution in [0.4, 0.5) is 0 Å². The van der Waals surface area contributed by atoms with Crippen LogP contribution >= 0.6 is 0 Å². The number of aliphatic hydroxyl groups is 2. The number of carboxylic acid groups (broad SMARTS) is 1. The van der Waals surface area contributed by atoms with Gasteiger partial charge >= 0.3 is 23.9 Å². The molecule has 0 amide bonds. The number of allylic oxidation sites excluding steroid dienone is 22. The lowest BCUT2D eigenvalue weighted by atomic mass is 9.98. The summed E-state index contributed by atoms with van der Waals surface area (Å²) in [6.45, 7) is 5.70. The van der Waals surface area contributed by atoms with Crippen molar-refractivity contribution in [3.63, 3.8) is 0 Å². The highest BCUT2D eigenvalue weighted by Gasteiger charge is 2.50. The van der Waals surface area contributed by atoms with E-state index < -0.39 is 67.3 Å². The molecular formula is C71H112O12. The SMILES string of the molecule is CC/C=C\C/C=C\C/C=C\C/C=C\C/C=C\CCCCCC(=O)OCC(COC1OC(C(=O)O)C(O)C(O)C1OC(=O)CCCCCCC/C=C\C/C=C\CCCCC)OC(=O)CCCCCCCC/C=C\C/C=C\C/C=C\C/C=C\CC. The molecule has 0 aliphatic carbocycles. The number of carbonyl (C=O) groups excluding carboxylic acids is 3. The summed E-state index contributed by atoms with van der Waals surface area (Å²) >= 11 is 0. The summed E-state index contributed by atoms with van der Waals surface area (Å²) in [6, 6.07) is 0. The third kappa shape index (κ3) is 46.9. The van der Waals surface area contributed by atoms with Crippen LogP contribution in [0.2, 0.25) is 0 Å². The van der Waals surface area contributed by atoms with Crippen LogP contribution in [0.25, 0.3) is 0 Å². The molecule has 0 saturated carbocycles. The molecule has 0 aromatic heterocycles. The molecule has 1 aliphatic heterocycles. The molecule has 1 saturated heterocycles. The Hall–Kier alpha value is -5.14. The molecule has 6 unspecified atom stereocenters. The average Bonchev–Trinajstić information content (AvgIpc) is 3.58. The van der Waals surface area contributed by atoms with Crippen molar-refractivity contribution in [3.8, 4) is 0 Å². The van der Waals surface area contributed by atoms with Gasteiger partial charge in [-0.05, 0) is 135 Å². The molecule has 0 radical (unpaired) electrons. The van der Waals surface area contributed by atoms with E-state index in [-0.39, 0.29) is 25.9 Å². The minimum Gasteiger partial charge on any atom is -0.479 e. The minimum absolute atomic E-state index is 0.0322. The van der Waals surface area contributed by atoms with Crippen LogP contribution in [-0.4, -0.2) is 89.2 Å². The summed E-state index contributed by atoms with van der Waals surface area (Å²) in [5, 5.41) is 31.6. The van der Waals surface area contributed by atoms with Gasteiger partial charge < -0.3 is 39.0 Å². The van der Waals surface area contributed by atoms with Crippen molar-refractivity contribution in [2.24, 2.45) is 0 Å². The van der Waals surface area contributed by atoms with Gasteiger partial charge in [0.1, 0.15) is 18.8 Å². The molecule has 1 rings (SSSR count). The first-order chi connectivity index (χ1) is 40.6. The molecule has 0 aromatic carbocycles. The van der Waals surface area contributed by atoms with E-state index in [0.717, 1.165) is 161 Å². The quantitative estimate of drug-likeness (QED) is 0.0228. The van der Waals surface area contributed by atoms with Crippen LogP contribution in [0.3, 0.4) is 0 Å². The predicted octanol–water partition coefficient (Wildman–Crippen LogP) is 17.3. The highest BCUT2D eigenvalue weighted by Crippen LogP contribution is 2.26. The van der Waals surface area contributed by atoms with Gasteiger partial charge in [-0.1, -0.05) is 219 Å². The van der Waals surface area contributed by atoms with Gasteiger partial charge in [-0.15, -0.1) is 0 Å². The van der Waals surface area contributed by atoms with Gasteiger partial charge in [0.05, 0.1) is 6.61 Å². The molecule has 3 N–H and O–H groups in total.